The quantitative estimate of drug-likeness (QED) is 0.718. The van der Waals surface area contributed by atoms with Crippen LogP contribution in [0.3, 0.4) is 0 Å². The third-order valence-electron chi connectivity index (χ3n) is 4.19. The molecular formula is C19H26N2O5. The van der Waals surface area contributed by atoms with Crippen LogP contribution in [0.4, 0.5) is 5.82 Å². The molecular weight excluding hydrogens is 336 g/mol. The highest BCUT2D eigenvalue weighted by molar-refractivity contribution is 6.08. The lowest BCUT2D eigenvalue weighted by molar-refractivity contribution is 0.102. The third-order valence-corrected chi connectivity index (χ3v) is 4.19. The standard InChI is InChI=1S/C19H26N2O5/c1-6-7-8-12(2)14-11-17(21-26-14)20-19(22)18-15(24-4)9-13(23-3)10-16(18)25-5/h9-12H,6-8H2,1-5H3,(H,20,21,22). The average molecular weight is 362 g/mol. The first-order valence-corrected chi connectivity index (χ1v) is 8.61. The van der Waals surface area contributed by atoms with Gasteiger partial charge in [-0.2, -0.15) is 0 Å². The summed E-state index contributed by atoms with van der Waals surface area (Å²) in [5.41, 5.74) is 0.263. The van der Waals surface area contributed by atoms with E-state index in [1.807, 2.05) is 0 Å². The summed E-state index contributed by atoms with van der Waals surface area (Å²) in [6.07, 6.45) is 3.25. The van der Waals surface area contributed by atoms with Crippen molar-refractivity contribution in [2.45, 2.75) is 39.0 Å². The highest BCUT2D eigenvalue weighted by Crippen LogP contribution is 2.34. The van der Waals surface area contributed by atoms with Crippen LogP contribution in [-0.4, -0.2) is 32.4 Å². The summed E-state index contributed by atoms with van der Waals surface area (Å²) >= 11 is 0. The minimum Gasteiger partial charge on any atom is -0.496 e. The average Bonchev–Trinajstić information content (AvgIpc) is 3.13. The Morgan fingerprint density at radius 2 is 1.81 bits per heavy atom. The Morgan fingerprint density at radius 1 is 1.15 bits per heavy atom. The van der Waals surface area contributed by atoms with Gasteiger partial charge in [-0.15, -0.1) is 0 Å². The number of benzene rings is 1. The van der Waals surface area contributed by atoms with Crippen molar-refractivity contribution in [2.24, 2.45) is 0 Å². The number of nitrogens with one attached hydrogen (secondary N) is 1. The molecule has 1 amide bonds. The molecule has 0 saturated heterocycles. The van der Waals surface area contributed by atoms with E-state index < -0.39 is 5.91 Å². The molecule has 0 bridgehead atoms. The summed E-state index contributed by atoms with van der Waals surface area (Å²) < 4.78 is 21.2. The van der Waals surface area contributed by atoms with Gasteiger partial charge in [0.15, 0.2) is 5.82 Å². The number of anilines is 1. The van der Waals surface area contributed by atoms with Gasteiger partial charge < -0.3 is 24.1 Å². The number of nitrogens with zero attached hydrogens (tertiary/aromatic N) is 1. The van der Waals surface area contributed by atoms with Gasteiger partial charge in [0.25, 0.3) is 5.91 Å². The van der Waals surface area contributed by atoms with Gasteiger partial charge in [0.2, 0.25) is 0 Å². The van der Waals surface area contributed by atoms with Gasteiger partial charge in [0.1, 0.15) is 28.6 Å². The molecule has 1 unspecified atom stereocenters. The van der Waals surface area contributed by atoms with Crippen LogP contribution in [0.15, 0.2) is 22.7 Å². The molecule has 1 aromatic heterocycles. The van der Waals surface area contributed by atoms with Crippen molar-refractivity contribution in [1.82, 2.24) is 5.16 Å². The van der Waals surface area contributed by atoms with Crippen LogP contribution >= 0.6 is 0 Å². The van der Waals surface area contributed by atoms with Crippen LogP contribution in [0.25, 0.3) is 0 Å². The minimum absolute atomic E-state index is 0.248. The maximum atomic E-state index is 12.7. The Balaban J connectivity index is 2.21. The van der Waals surface area contributed by atoms with E-state index in [9.17, 15) is 4.79 Å². The number of carbonyl (C=O) groups excluding carboxylic acids is 1. The van der Waals surface area contributed by atoms with Gasteiger partial charge >= 0.3 is 0 Å². The molecule has 0 aliphatic heterocycles. The summed E-state index contributed by atoms with van der Waals surface area (Å²) in [6, 6.07) is 5.00. The molecule has 0 saturated carbocycles. The lowest BCUT2D eigenvalue weighted by Gasteiger charge is -2.14. The number of amides is 1. The summed E-state index contributed by atoms with van der Waals surface area (Å²) in [4.78, 5) is 12.7. The fourth-order valence-corrected chi connectivity index (χ4v) is 2.64. The van der Waals surface area contributed by atoms with Crippen LogP contribution < -0.4 is 19.5 Å². The van der Waals surface area contributed by atoms with Crippen molar-refractivity contribution in [3.63, 3.8) is 0 Å². The smallest absolute Gasteiger partial charge is 0.264 e. The van der Waals surface area contributed by atoms with E-state index in [2.05, 4.69) is 24.3 Å². The van der Waals surface area contributed by atoms with Gasteiger partial charge in [-0.25, -0.2) is 0 Å². The molecule has 0 fully saturated rings. The number of hydrogen-bond donors (Lipinski definition) is 1. The molecule has 7 nitrogen and oxygen atoms in total. The maximum Gasteiger partial charge on any atom is 0.264 e. The van der Waals surface area contributed by atoms with Gasteiger partial charge in [0.05, 0.1) is 21.3 Å². The zero-order valence-corrected chi connectivity index (χ0v) is 15.9. The Morgan fingerprint density at radius 3 is 2.35 bits per heavy atom. The SMILES string of the molecule is CCCCC(C)c1cc(NC(=O)c2c(OC)cc(OC)cc2OC)no1. The molecule has 0 spiro atoms. The van der Waals surface area contributed by atoms with E-state index in [0.717, 1.165) is 25.0 Å². The minimum atomic E-state index is -0.401. The Labute approximate surface area is 153 Å². The van der Waals surface area contributed by atoms with E-state index in [4.69, 9.17) is 18.7 Å². The second-order valence-corrected chi connectivity index (χ2v) is 6.02. The number of methoxy groups -OCH3 is 3. The molecule has 0 radical (unpaired) electrons. The van der Waals surface area contributed by atoms with Crippen molar-refractivity contribution in [2.75, 3.05) is 26.6 Å². The van der Waals surface area contributed by atoms with Gasteiger partial charge in [-0.1, -0.05) is 31.8 Å². The maximum absolute atomic E-state index is 12.7. The van der Waals surface area contributed by atoms with Crippen LogP contribution in [0.1, 0.15) is 55.1 Å². The molecule has 26 heavy (non-hydrogen) atoms. The fraction of sp³-hybridized carbons (Fsp3) is 0.474. The van der Waals surface area contributed by atoms with Gasteiger partial charge in [0, 0.05) is 24.1 Å². The molecule has 0 aliphatic carbocycles. The molecule has 1 heterocycles. The first-order chi connectivity index (χ1) is 12.5. The van der Waals surface area contributed by atoms with Crippen LogP contribution in [0.2, 0.25) is 0 Å². The van der Waals surface area contributed by atoms with Crippen molar-refractivity contribution in [3.8, 4) is 17.2 Å². The summed E-state index contributed by atoms with van der Waals surface area (Å²) in [5, 5.41) is 6.67. The molecule has 2 rings (SSSR count). The molecule has 1 aromatic carbocycles. The normalized spacial score (nSPS) is 11.7. The van der Waals surface area contributed by atoms with E-state index in [1.54, 1.807) is 18.2 Å². The monoisotopic (exact) mass is 362 g/mol. The van der Waals surface area contributed by atoms with Crippen molar-refractivity contribution < 1.29 is 23.5 Å². The van der Waals surface area contributed by atoms with E-state index >= 15 is 0 Å². The van der Waals surface area contributed by atoms with Crippen LogP contribution in [-0.2, 0) is 0 Å². The highest BCUT2D eigenvalue weighted by atomic mass is 16.5. The summed E-state index contributed by atoms with van der Waals surface area (Å²) in [5.74, 6) is 2.18. The zero-order valence-electron chi connectivity index (χ0n) is 15.9. The predicted octanol–water partition coefficient (Wildman–Crippen LogP) is 4.25. The topological polar surface area (TPSA) is 82.8 Å². The lowest BCUT2D eigenvalue weighted by atomic mass is 10.0. The lowest BCUT2D eigenvalue weighted by Crippen LogP contribution is -2.15. The Kier molecular flexibility index (Phi) is 6.89. The number of aromatic nitrogens is 1. The van der Waals surface area contributed by atoms with Gasteiger partial charge in [-0.05, 0) is 6.42 Å². The van der Waals surface area contributed by atoms with Crippen LogP contribution in [0, 0.1) is 0 Å². The number of ether oxygens (including phenoxy) is 3. The van der Waals surface area contributed by atoms with Crippen molar-refractivity contribution >= 4 is 11.7 Å². The van der Waals surface area contributed by atoms with Crippen molar-refractivity contribution in [3.05, 3.63) is 29.5 Å². The van der Waals surface area contributed by atoms with E-state index in [0.29, 0.717) is 23.1 Å². The largest absolute Gasteiger partial charge is 0.496 e. The molecule has 2 aromatic rings. The third kappa shape index (κ3) is 4.47. The number of hydrogen-bond acceptors (Lipinski definition) is 6. The second-order valence-electron chi connectivity index (χ2n) is 6.02. The Bertz CT molecular complexity index is 716. The summed E-state index contributed by atoms with van der Waals surface area (Å²) in [7, 11) is 4.49. The molecule has 7 heteroatoms. The first-order valence-electron chi connectivity index (χ1n) is 8.61. The fourth-order valence-electron chi connectivity index (χ4n) is 2.64. The number of rotatable bonds is 9. The number of unbranched alkanes of at least 4 members (excludes halogenated alkanes) is 1. The van der Waals surface area contributed by atoms with Gasteiger partial charge in [-0.3, -0.25) is 4.79 Å². The molecule has 1 atom stereocenters. The molecule has 142 valence electrons. The van der Waals surface area contributed by atoms with E-state index in [-0.39, 0.29) is 11.5 Å². The molecule has 1 N–H and O–H groups in total. The van der Waals surface area contributed by atoms with E-state index in [1.165, 1.54) is 21.3 Å². The zero-order chi connectivity index (χ0) is 19.1. The highest BCUT2D eigenvalue weighted by Gasteiger charge is 2.22. The first kappa shape index (κ1) is 19.6. The second kappa shape index (κ2) is 9.12. The predicted molar refractivity (Wildman–Crippen MR) is 98.5 cm³/mol. The summed E-state index contributed by atoms with van der Waals surface area (Å²) in [6.45, 7) is 4.23. The van der Waals surface area contributed by atoms with Crippen LogP contribution in [0.5, 0.6) is 17.2 Å². The van der Waals surface area contributed by atoms with Crippen molar-refractivity contribution in [1.29, 1.82) is 0 Å². The molecule has 0 aliphatic rings. The Hall–Kier alpha value is -2.70. The number of carbonyl (C=O) groups is 1.